The van der Waals surface area contributed by atoms with Crippen LogP contribution >= 0.6 is 0 Å². The maximum Gasteiger partial charge on any atom is 0.166 e. The number of rotatable bonds is 11. The molecule has 0 bridgehead atoms. The van der Waals surface area contributed by atoms with E-state index in [-0.39, 0.29) is 0 Å². The highest BCUT2D eigenvalue weighted by atomic mass is 19.2. The van der Waals surface area contributed by atoms with Gasteiger partial charge in [0.05, 0.1) is 0 Å². The van der Waals surface area contributed by atoms with Crippen molar-refractivity contribution >= 4 is 0 Å². The Morgan fingerprint density at radius 1 is 0.710 bits per heavy atom. The van der Waals surface area contributed by atoms with Gasteiger partial charge in [-0.1, -0.05) is 95.2 Å². The number of aryl methyl sites for hydroxylation is 1. The molecule has 0 unspecified atom stereocenters. The van der Waals surface area contributed by atoms with Crippen molar-refractivity contribution in [1.29, 1.82) is 0 Å². The quantitative estimate of drug-likeness (QED) is 0.314. The monoisotopic (exact) mass is 426 g/mol. The molecule has 0 spiro atoms. The molecule has 0 atom stereocenters. The van der Waals surface area contributed by atoms with E-state index < -0.39 is 11.6 Å². The van der Waals surface area contributed by atoms with Gasteiger partial charge in [-0.3, -0.25) is 0 Å². The fourth-order valence-corrected chi connectivity index (χ4v) is 5.15. The molecule has 2 heteroatoms. The fraction of sp³-hybridized carbons (Fsp3) is 0.586. The molecule has 1 fully saturated rings. The summed E-state index contributed by atoms with van der Waals surface area (Å²) < 4.78 is 29.4. The van der Waals surface area contributed by atoms with E-state index in [9.17, 15) is 8.78 Å². The van der Waals surface area contributed by atoms with Crippen LogP contribution in [-0.4, -0.2) is 0 Å². The van der Waals surface area contributed by atoms with E-state index in [0.29, 0.717) is 23.5 Å². The Labute approximate surface area is 188 Å². The van der Waals surface area contributed by atoms with Crippen LogP contribution in [0.15, 0.2) is 36.4 Å². The van der Waals surface area contributed by atoms with E-state index in [2.05, 4.69) is 26.0 Å². The average Bonchev–Trinajstić information content (AvgIpc) is 2.80. The van der Waals surface area contributed by atoms with Crippen LogP contribution < -0.4 is 0 Å². The zero-order chi connectivity index (χ0) is 22.1. The molecule has 0 radical (unpaired) electrons. The second-order valence-corrected chi connectivity index (χ2v) is 9.55. The third kappa shape index (κ3) is 6.64. The van der Waals surface area contributed by atoms with E-state index in [1.54, 1.807) is 12.1 Å². The minimum absolute atomic E-state index is 0.376. The number of halogens is 2. The van der Waals surface area contributed by atoms with Crippen LogP contribution in [0.2, 0.25) is 0 Å². The molecule has 0 aliphatic heterocycles. The van der Waals surface area contributed by atoms with Gasteiger partial charge in [-0.2, -0.15) is 0 Å². The molecule has 0 saturated heterocycles. The lowest BCUT2D eigenvalue weighted by Gasteiger charge is -2.29. The first-order valence-electron chi connectivity index (χ1n) is 12.7. The first-order chi connectivity index (χ1) is 15.1. The van der Waals surface area contributed by atoms with Gasteiger partial charge in [-0.05, 0) is 67.1 Å². The maximum absolute atomic E-state index is 14.8. The highest BCUT2D eigenvalue weighted by molar-refractivity contribution is 5.65. The molecule has 2 aromatic carbocycles. The van der Waals surface area contributed by atoms with Crippen molar-refractivity contribution in [3.63, 3.8) is 0 Å². The van der Waals surface area contributed by atoms with Gasteiger partial charge in [-0.15, -0.1) is 0 Å². The van der Waals surface area contributed by atoms with Crippen LogP contribution in [0, 0.1) is 17.6 Å². The maximum atomic E-state index is 14.8. The minimum atomic E-state index is -0.701. The molecule has 0 aromatic heterocycles. The SMILES string of the molecule is CCCCCCc1ccc(-c2ccc([C@H]3CC[C@H](CCCCC)CC3)cc2)c(F)c1F. The fourth-order valence-electron chi connectivity index (χ4n) is 5.15. The molecule has 3 rings (SSSR count). The van der Waals surface area contributed by atoms with Gasteiger partial charge in [0.25, 0.3) is 0 Å². The van der Waals surface area contributed by atoms with Crippen molar-refractivity contribution in [1.82, 2.24) is 0 Å². The molecule has 1 aliphatic carbocycles. The van der Waals surface area contributed by atoms with Crippen molar-refractivity contribution in [3.8, 4) is 11.1 Å². The van der Waals surface area contributed by atoms with Gasteiger partial charge in [0.15, 0.2) is 11.6 Å². The van der Waals surface area contributed by atoms with Crippen molar-refractivity contribution in [2.24, 2.45) is 5.92 Å². The summed E-state index contributed by atoms with van der Waals surface area (Å²) in [6, 6.07) is 11.7. The van der Waals surface area contributed by atoms with Crippen LogP contribution in [0.4, 0.5) is 8.78 Å². The number of benzene rings is 2. The summed E-state index contributed by atoms with van der Waals surface area (Å²) in [6.45, 7) is 4.42. The first-order valence-corrected chi connectivity index (χ1v) is 12.7. The summed E-state index contributed by atoms with van der Waals surface area (Å²) in [5.41, 5.74) is 3.00. The Morgan fingerprint density at radius 3 is 2.06 bits per heavy atom. The van der Waals surface area contributed by atoms with Crippen LogP contribution in [0.1, 0.15) is 108 Å². The summed E-state index contributed by atoms with van der Waals surface area (Å²) in [5, 5.41) is 0. The molecule has 170 valence electrons. The minimum Gasteiger partial charge on any atom is -0.203 e. The van der Waals surface area contributed by atoms with Gasteiger partial charge in [0, 0.05) is 5.56 Å². The summed E-state index contributed by atoms with van der Waals surface area (Å²) in [5.74, 6) is 0.149. The van der Waals surface area contributed by atoms with E-state index in [1.807, 2.05) is 12.1 Å². The molecule has 1 saturated carbocycles. The summed E-state index contributed by atoms with van der Waals surface area (Å²) in [7, 11) is 0. The first kappa shape index (κ1) is 24.0. The highest BCUT2D eigenvalue weighted by Gasteiger charge is 2.22. The Morgan fingerprint density at radius 2 is 1.39 bits per heavy atom. The molecule has 31 heavy (non-hydrogen) atoms. The Bertz CT molecular complexity index is 785. The molecular weight excluding hydrogens is 386 g/mol. The molecule has 1 aliphatic rings. The molecule has 0 amide bonds. The van der Waals surface area contributed by atoms with Crippen molar-refractivity contribution < 1.29 is 8.78 Å². The lowest BCUT2D eigenvalue weighted by atomic mass is 9.77. The third-order valence-corrected chi connectivity index (χ3v) is 7.22. The Balaban J connectivity index is 1.59. The second kappa shape index (κ2) is 12.4. The van der Waals surface area contributed by atoms with Crippen LogP contribution in [0.5, 0.6) is 0 Å². The van der Waals surface area contributed by atoms with Crippen LogP contribution in [0.3, 0.4) is 0 Å². The van der Waals surface area contributed by atoms with Crippen molar-refractivity contribution in [2.45, 2.75) is 103 Å². The molecular formula is C29H40F2. The van der Waals surface area contributed by atoms with Crippen molar-refractivity contribution in [2.75, 3.05) is 0 Å². The zero-order valence-electron chi connectivity index (χ0n) is 19.6. The summed E-state index contributed by atoms with van der Waals surface area (Å²) in [4.78, 5) is 0. The average molecular weight is 427 g/mol. The summed E-state index contributed by atoms with van der Waals surface area (Å²) in [6.07, 6.45) is 15.5. The smallest absolute Gasteiger partial charge is 0.166 e. The van der Waals surface area contributed by atoms with Crippen LogP contribution in [-0.2, 0) is 6.42 Å². The number of hydrogen-bond acceptors (Lipinski definition) is 0. The molecule has 0 nitrogen and oxygen atoms in total. The second-order valence-electron chi connectivity index (χ2n) is 9.55. The standard InChI is InChI=1S/C29H40F2/c1-3-5-7-9-11-26-20-21-27(29(31)28(26)30)25-18-16-24(17-19-25)23-14-12-22(13-15-23)10-8-6-4-2/h16-23H,3-15H2,1-2H3/t22-,23-. The Hall–Kier alpha value is -1.70. The highest BCUT2D eigenvalue weighted by Crippen LogP contribution is 2.38. The van der Waals surface area contributed by atoms with Gasteiger partial charge in [0.1, 0.15) is 0 Å². The van der Waals surface area contributed by atoms with E-state index in [1.165, 1.54) is 56.9 Å². The summed E-state index contributed by atoms with van der Waals surface area (Å²) >= 11 is 0. The lowest BCUT2D eigenvalue weighted by Crippen LogP contribution is -2.13. The molecule has 2 aromatic rings. The molecule has 0 N–H and O–H groups in total. The zero-order valence-corrected chi connectivity index (χ0v) is 19.6. The number of hydrogen-bond donors (Lipinski definition) is 0. The topological polar surface area (TPSA) is 0 Å². The Kier molecular flexibility index (Phi) is 9.55. The van der Waals surface area contributed by atoms with Crippen LogP contribution in [0.25, 0.3) is 11.1 Å². The molecule has 0 heterocycles. The van der Waals surface area contributed by atoms with Gasteiger partial charge in [-0.25, -0.2) is 8.78 Å². The van der Waals surface area contributed by atoms with Gasteiger partial charge >= 0.3 is 0 Å². The van der Waals surface area contributed by atoms with Gasteiger partial charge < -0.3 is 0 Å². The third-order valence-electron chi connectivity index (χ3n) is 7.22. The predicted octanol–water partition coefficient (Wildman–Crippen LogP) is 9.61. The van der Waals surface area contributed by atoms with E-state index in [0.717, 1.165) is 37.2 Å². The van der Waals surface area contributed by atoms with E-state index >= 15 is 0 Å². The largest absolute Gasteiger partial charge is 0.203 e. The predicted molar refractivity (Wildman–Crippen MR) is 128 cm³/mol. The van der Waals surface area contributed by atoms with Crippen molar-refractivity contribution in [3.05, 3.63) is 59.2 Å². The normalized spacial score (nSPS) is 19.0. The van der Waals surface area contributed by atoms with E-state index in [4.69, 9.17) is 0 Å². The number of unbranched alkanes of at least 4 members (excludes halogenated alkanes) is 5. The van der Waals surface area contributed by atoms with Gasteiger partial charge in [0.2, 0.25) is 0 Å². The lowest BCUT2D eigenvalue weighted by molar-refractivity contribution is 0.303.